The monoisotopic (exact) mass is 575 g/mol. The molecule has 0 fully saturated rings. The highest BCUT2D eigenvalue weighted by molar-refractivity contribution is 6.22. The van der Waals surface area contributed by atoms with Crippen molar-refractivity contribution in [2.24, 2.45) is 0 Å². The fourth-order valence-corrected chi connectivity index (χ4v) is 6.31. The fraction of sp³-hybridized carbons (Fsp3) is 0. The molecule has 0 unspecified atom stereocenters. The van der Waals surface area contributed by atoms with Gasteiger partial charge in [0.2, 0.25) is 0 Å². The lowest BCUT2D eigenvalue weighted by Gasteiger charge is -2.10. The number of hydrogen-bond donors (Lipinski definition) is 0. The summed E-state index contributed by atoms with van der Waals surface area (Å²) in [5.74, 6) is 1.90. The van der Waals surface area contributed by atoms with Gasteiger partial charge >= 0.3 is 0 Å². The van der Waals surface area contributed by atoms with Crippen LogP contribution in [0, 0.1) is 0 Å². The fourth-order valence-electron chi connectivity index (χ4n) is 6.31. The summed E-state index contributed by atoms with van der Waals surface area (Å²) >= 11 is 0. The van der Waals surface area contributed by atoms with Gasteiger partial charge < -0.3 is 4.42 Å². The van der Waals surface area contributed by atoms with Crippen LogP contribution in [0.1, 0.15) is 0 Å². The van der Waals surface area contributed by atoms with Crippen LogP contribution in [-0.2, 0) is 0 Å². The lowest BCUT2D eigenvalue weighted by atomic mass is 9.93. The van der Waals surface area contributed by atoms with E-state index in [4.69, 9.17) is 19.4 Å². The predicted molar refractivity (Wildman–Crippen MR) is 184 cm³/mol. The van der Waals surface area contributed by atoms with Gasteiger partial charge in [-0.25, -0.2) is 15.0 Å². The van der Waals surface area contributed by atoms with Gasteiger partial charge in [0.15, 0.2) is 17.5 Å². The maximum Gasteiger partial charge on any atom is 0.164 e. The number of nitrogens with zero attached hydrogens (tertiary/aromatic N) is 3. The quantitative estimate of drug-likeness (QED) is 0.209. The summed E-state index contributed by atoms with van der Waals surface area (Å²) in [5, 5.41) is 6.91. The molecular weight excluding hydrogens is 550 g/mol. The normalized spacial score (nSPS) is 11.6. The maximum atomic E-state index is 6.53. The molecule has 9 aromatic rings. The second kappa shape index (κ2) is 10.2. The molecule has 4 heteroatoms. The van der Waals surface area contributed by atoms with Crippen LogP contribution in [-0.4, -0.2) is 15.0 Å². The summed E-state index contributed by atoms with van der Waals surface area (Å²) in [6.07, 6.45) is 0. The molecule has 2 heterocycles. The molecule has 0 atom stereocenters. The topological polar surface area (TPSA) is 51.8 Å². The van der Waals surface area contributed by atoms with Crippen molar-refractivity contribution in [1.82, 2.24) is 15.0 Å². The van der Waals surface area contributed by atoms with E-state index in [0.717, 1.165) is 49.6 Å². The number of hydrogen-bond acceptors (Lipinski definition) is 4. The van der Waals surface area contributed by atoms with Crippen molar-refractivity contribution in [3.8, 4) is 45.3 Å². The zero-order chi connectivity index (χ0) is 29.7. The minimum Gasteiger partial charge on any atom is -0.456 e. The van der Waals surface area contributed by atoms with Crippen LogP contribution < -0.4 is 0 Å². The molecule has 0 saturated carbocycles. The molecule has 2 aromatic heterocycles. The van der Waals surface area contributed by atoms with E-state index >= 15 is 0 Å². The van der Waals surface area contributed by atoms with E-state index in [1.54, 1.807) is 0 Å². The van der Waals surface area contributed by atoms with Gasteiger partial charge in [0.05, 0.1) is 0 Å². The summed E-state index contributed by atoms with van der Waals surface area (Å²) < 4.78 is 6.53. The lowest BCUT2D eigenvalue weighted by molar-refractivity contribution is 0.669. The molecule has 9 rings (SSSR count). The highest BCUT2D eigenvalue weighted by Gasteiger charge is 2.18. The van der Waals surface area contributed by atoms with E-state index in [1.165, 1.54) is 21.7 Å². The van der Waals surface area contributed by atoms with Crippen molar-refractivity contribution in [3.63, 3.8) is 0 Å². The SMILES string of the molecule is c1ccc(-c2nc(-c3ccccc3)nc(-c3ccc4oc5cc(-c6ccc7ccccc7c6)c6ccccc6c5c4c3)n2)cc1. The molecule has 0 amide bonds. The Bertz CT molecular complexity index is 2480. The van der Waals surface area contributed by atoms with Gasteiger partial charge in [-0.05, 0) is 63.0 Å². The Labute approximate surface area is 259 Å². The smallest absolute Gasteiger partial charge is 0.164 e. The van der Waals surface area contributed by atoms with Crippen molar-refractivity contribution < 1.29 is 4.42 Å². The zero-order valence-corrected chi connectivity index (χ0v) is 24.2. The van der Waals surface area contributed by atoms with Gasteiger partial charge in [-0.2, -0.15) is 0 Å². The molecule has 45 heavy (non-hydrogen) atoms. The first-order valence-electron chi connectivity index (χ1n) is 15.0. The molecule has 0 N–H and O–H groups in total. The van der Waals surface area contributed by atoms with E-state index in [9.17, 15) is 0 Å². The largest absolute Gasteiger partial charge is 0.456 e. The number of rotatable bonds is 4. The van der Waals surface area contributed by atoms with E-state index < -0.39 is 0 Å². The first-order valence-corrected chi connectivity index (χ1v) is 15.0. The van der Waals surface area contributed by atoms with E-state index in [2.05, 4.69) is 78.9 Å². The van der Waals surface area contributed by atoms with Crippen LogP contribution in [0.4, 0.5) is 0 Å². The summed E-state index contributed by atoms with van der Waals surface area (Å²) in [4.78, 5) is 14.8. The highest BCUT2D eigenvalue weighted by atomic mass is 16.3. The Kier molecular flexibility index (Phi) is 5.78. The van der Waals surface area contributed by atoms with Crippen molar-refractivity contribution in [1.29, 1.82) is 0 Å². The molecular formula is C41H25N3O. The molecule has 0 saturated heterocycles. The van der Waals surface area contributed by atoms with Gasteiger partial charge in [0, 0.05) is 27.5 Å². The van der Waals surface area contributed by atoms with Gasteiger partial charge in [0.25, 0.3) is 0 Å². The second-order valence-electron chi connectivity index (χ2n) is 11.3. The molecule has 210 valence electrons. The predicted octanol–water partition coefficient (Wildman–Crippen LogP) is 10.7. The third-order valence-electron chi connectivity index (χ3n) is 8.50. The Morgan fingerprint density at radius 3 is 1.64 bits per heavy atom. The van der Waals surface area contributed by atoms with Crippen molar-refractivity contribution in [2.75, 3.05) is 0 Å². The van der Waals surface area contributed by atoms with Gasteiger partial charge in [-0.3, -0.25) is 0 Å². The molecule has 0 radical (unpaired) electrons. The van der Waals surface area contributed by atoms with Crippen LogP contribution in [0.2, 0.25) is 0 Å². The Balaban J connectivity index is 1.26. The maximum absolute atomic E-state index is 6.53. The summed E-state index contributed by atoms with van der Waals surface area (Å²) in [5.41, 5.74) is 6.80. The minimum atomic E-state index is 0.621. The molecule has 4 nitrogen and oxygen atoms in total. The van der Waals surface area contributed by atoms with Crippen LogP contribution in [0.15, 0.2) is 156 Å². The van der Waals surface area contributed by atoms with Crippen molar-refractivity contribution >= 4 is 43.5 Å². The summed E-state index contributed by atoms with van der Waals surface area (Å²) in [6.45, 7) is 0. The van der Waals surface area contributed by atoms with Crippen molar-refractivity contribution in [3.05, 3.63) is 152 Å². The number of aromatic nitrogens is 3. The Morgan fingerprint density at radius 1 is 0.356 bits per heavy atom. The average molecular weight is 576 g/mol. The summed E-state index contributed by atoms with van der Waals surface area (Å²) in [6, 6.07) is 52.2. The average Bonchev–Trinajstić information content (AvgIpc) is 3.50. The Morgan fingerprint density at radius 2 is 0.933 bits per heavy atom. The summed E-state index contributed by atoms with van der Waals surface area (Å²) in [7, 11) is 0. The lowest BCUT2D eigenvalue weighted by Crippen LogP contribution is -2.00. The van der Waals surface area contributed by atoms with Crippen LogP contribution in [0.25, 0.3) is 88.8 Å². The first kappa shape index (κ1) is 25.4. The first-order chi connectivity index (χ1) is 22.3. The molecule has 0 aliphatic heterocycles. The Hall–Kier alpha value is -6.13. The van der Waals surface area contributed by atoms with Gasteiger partial charge in [-0.15, -0.1) is 0 Å². The highest BCUT2D eigenvalue weighted by Crippen LogP contribution is 2.41. The minimum absolute atomic E-state index is 0.621. The van der Waals surface area contributed by atoms with Crippen LogP contribution in [0.3, 0.4) is 0 Å². The standard InChI is InChI=1S/C41H25N3O/c1-3-12-27(13-4-1)39-42-40(28-14-5-2-6-15-28)44-41(43-39)31-21-22-36-35(24-31)38-33-18-10-9-17-32(33)34(25-37(38)45-36)30-20-19-26-11-7-8-16-29(26)23-30/h1-25H. The second-order valence-corrected chi connectivity index (χ2v) is 11.3. The van der Waals surface area contributed by atoms with E-state index in [0.29, 0.717) is 17.5 Å². The molecule has 0 aliphatic carbocycles. The third-order valence-corrected chi connectivity index (χ3v) is 8.50. The number of furan rings is 1. The van der Waals surface area contributed by atoms with Crippen LogP contribution >= 0.6 is 0 Å². The zero-order valence-electron chi connectivity index (χ0n) is 24.2. The third kappa shape index (κ3) is 4.35. The van der Waals surface area contributed by atoms with Crippen LogP contribution in [0.5, 0.6) is 0 Å². The van der Waals surface area contributed by atoms with Gasteiger partial charge in [0.1, 0.15) is 11.2 Å². The number of fused-ring (bicyclic) bond motifs is 6. The molecule has 0 bridgehead atoms. The van der Waals surface area contributed by atoms with E-state index in [-0.39, 0.29) is 0 Å². The molecule has 0 aliphatic rings. The molecule has 7 aromatic carbocycles. The van der Waals surface area contributed by atoms with E-state index in [1.807, 2.05) is 72.8 Å². The van der Waals surface area contributed by atoms with Gasteiger partial charge in [-0.1, -0.05) is 121 Å². The van der Waals surface area contributed by atoms with Crippen molar-refractivity contribution in [2.45, 2.75) is 0 Å². The molecule has 0 spiro atoms. The number of benzene rings is 7.